The number of para-hydroxylation sites is 2. The molecule has 0 saturated heterocycles. The number of allylic oxidation sites excluding steroid dienone is 1. The lowest BCUT2D eigenvalue weighted by molar-refractivity contribution is 0.884. The van der Waals surface area contributed by atoms with Gasteiger partial charge in [-0.15, -0.1) is 0 Å². The minimum absolute atomic E-state index is 1.09. The number of fused-ring (bicyclic) bond motifs is 12. The van der Waals surface area contributed by atoms with E-state index in [2.05, 4.69) is 76.1 Å². The lowest BCUT2D eigenvalue weighted by atomic mass is 9.85. The summed E-state index contributed by atoms with van der Waals surface area (Å²) in [6, 6.07) is 20.4. The Bertz CT molecular complexity index is 1690. The van der Waals surface area contributed by atoms with Crippen LogP contribution in [0.25, 0.3) is 55.3 Å². The van der Waals surface area contributed by atoms with Crippen molar-refractivity contribution < 1.29 is 0 Å². The zero-order valence-corrected chi connectivity index (χ0v) is 18.6. The molecule has 0 bridgehead atoms. The van der Waals surface area contributed by atoms with Crippen molar-refractivity contribution in [2.75, 3.05) is 0 Å². The van der Waals surface area contributed by atoms with E-state index in [1.807, 2.05) is 13.8 Å². The van der Waals surface area contributed by atoms with E-state index in [-0.39, 0.29) is 0 Å². The topological polar surface area (TPSA) is 20.2 Å². The first kappa shape index (κ1) is 18.1. The molecule has 1 N–H and O–H groups in total. The lowest BCUT2D eigenvalue weighted by Gasteiger charge is -2.19. The molecule has 32 heavy (non-hydrogen) atoms. The molecular formula is C30H26N2. The molecule has 0 radical (unpaired) electrons. The first-order valence-corrected chi connectivity index (χ1v) is 12.0. The molecule has 3 heterocycles. The maximum absolute atomic E-state index is 3.77. The van der Waals surface area contributed by atoms with Gasteiger partial charge < -0.3 is 9.38 Å². The Labute approximate surface area is 187 Å². The average molecular weight is 415 g/mol. The first-order chi connectivity index (χ1) is 15.9. The molecule has 8 rings (SSSR count). The molecule has 0 atom stereocenters. The fourth-order valence-corrected chi connectivity index (χ4v) is 6.25. The molecule has 3 aromatic heterocycles. The number of aromatic amines is 1. The summed E-state index contributed by atoms with van der Waals surface area (Å²) in [6.45, 7) is 4.00. The van der Waals surface area contributed by atoms with Crippen LogP contribution >= 0.6 is 0 Å². The summed E-state index contributed by atoms with van der Waals surface area (Å²) >= 11 is 0. The monoisotopic (exact) mass is 414 g/mol. The highest BCUT2D eigenvalue weighted by atomic mass is 14.9. The zero-order valence-electron chi connectivity index (χ0n) is 18.6. The van der Waals surface area contributed by atoms with Gasteiger partial charge in [-0.3, -0.25) is 0 Å². The van der Waals surface area contributed by atoms with Gasteiger partial charge in [-0.1, -0.05) is 74.5 Å². The number of aromatic nitrogens is 2. The summed E-state index contributed by atoms with van der Waals surface area (Å²) in [4.78, 5) is 3.77. The van der Waals surface area contributed by atoms with Crippen LogP contribution in [0.5, 0.6) is 0 Å². The minimum Gasteiger partial charge on any atom is -0.361 e. The van der Waals surface area contributed by atoms with Gasteiger partial charge in [-0.05, 0) is 42.9 Å². The molecule has 2 aliphatic rings. The highest BCUT2D eigenvalue weighted by Crippen LogP contribution is 2.46. The quantitative estimate of drug-likeness (QED) is 0.260. The van der Waals surface area contributed by atoms with Crippen LogP contribution in [0.15, 0.2) is 60.7 Å². The lowest BCUT2D eigenvalue weighted by Crippen LogP contribution is -2.05. The summed E-state index contributed by atoms with van der Waals surface area (Å²) in [7, 11) is 0. The van der Waals surface area contributed by atoms with Crippen LogP contribution in [0.4, 0.5) is 0 Å². The van der Waals surface area contributed by atoms with Gasteiger partial charge in [0.25, 0.3) is 0 Å². The molecule has 0 aliphatic heterocycles. The molecule has 0 spiro atoms. The third-order valence-electron chi connectivity index (χ3n) is 7.43. The summed E-state index contributed by atoms with van der Waals surface area (Å²) < 4.78 is 2.55. The van der Waals surface area contributed by atoms with Gasteiger partial charge in [0, 0.05) is 44.1 Å². The number of nitrogens with one attached hydrogen (secondary N) is 1. The molecule has 2 aliphatic carbocycles. The van der Waals surface area contributed by atoms with Crippen molar-refractivity contribution in [2.45, 2.75) is 39.5 Å². The summed E-state index contributed by atoms with van der Waals surface area (Å²) in [5.41, 5.74) is 12.8. The van der Waals surface area contributed by atoms with E-state index < -0.39 is 0 Å². The van der Waals surface area contributed by atoms with Crippen LogP contribution in [0.3, 0.4) is 0 Å². The molecule has 2 heteroatoms. The van der Waals surface area contributed by atoms with Gasteiger partial charge in [0.1, 0.15) is 0 Å². The summed E-state index contributed by atoms with van der Waals surface area (Å²) in [5.74, 6) is 0. The Balaban J connectivity index is 0.000000880. The van der Waals surface area contributed by atoms with Crippen molar-refractivity contribution in [3.63, 3.8) is 0 Å². The van der Waals surface area contributed by atoms with E-state index >= 15 is 0 Å². The Hall–Kier alpha value is -3.52. The summed E-state index contributed by atoms with van der Waals surface area (Å²) in [6.07, 6.45) is 9.14. The number of aryl methyl sites for hydroxylation is 3. The Morgan fingerprint density at radius 1 is 0.719 bits per heavy atom. The molecule has 6 aromatic rings. The number of benzene rings is 3. The van der Waals surface area contributed by atoms with Crippen molar-refractivity contribution in [1.29, 1.82) is 0 Å². The number of hydrogen-bond acceptors (Lipinski definition) is 0. The smallest absolute Gasteiger partial charge is 0.0620 e. The van der Waals surface area contributed by atoms with E-state index in [1.54, 1.807) is 0 Å². The minimum atomic E-state index is 1.09. The van der Waals surface area contributed by atoms with Gasteiger partial charge in [0.05, 0.1) is 16.6 Å². The second-order valence-corrected chi connectivity index (χ2v) is 8.85. The second-order valence-electron chi connectivity index (χ2n) is 8.85. The van der Waals surface area contributed by atoms with E-state index in [0.29, 0.717) is 0 Å². The molecule has 0 saturated carbocycles. The Morgan fingerprint density at radius 2 is 1.50 bits per heavy atom. The van der Waals surface area contributed by atoms with Crippen LogP contribution in [-0.2, 0) is 19.3 Å². The van der Waals surface area contributed by atoms with Crippen LogP contribution in [0, 0.1) is 0 Å². The zero-order chi connectivity index (χ0) is 21.4. The first-order valence-electron chi connectivity index (χ1n) is 12.0. The molecule has 0 unspecified atom stereocenters. The molecule has 0 amide bonds. The van der Waals surface area contributed by atoms with Crippen molar-refractivity contribution >= 4 is 44.2 Å². The van der Waals surface area contributed by atoms with Gasteiger partial charge in [-0.2, -0.15) is 0 Å². The fraction of sp³-hybridized carbons (Fsp3) is 0.200. The van der Waals surface area contributed by atoms with Crippen LogP contribution in [0.1, 0.15) is 42.8 Å². The predicted molar refractivity (Wildman–Crippen MR) is 137 cm³/mol. The largest absolute Gasteiger partial charge is 0.361 e. The second kappa shape index (κ2) is 6.49. The maximum atomic E-state index is 3.77. The molecule has 3 aromatic carbocycles. The standard InChI is InChI=1S/C28H20N2.C2H6/c1-3-10-23-22(7-1)26-17-12-13-21-19-9-5-8-18-16-6-2-4-11-25(16)30(27(18)19)28(21)20(17)14-15-24(26)29-23;1-2/h1-2,4-9,11-13,29H,3,10,14-15H2;1-2H3. The number of H-pyrrole nitrogens is 1. The van der Waals surface area contributed by atoms with Gasteiger partial charge >= 0.3 is 0 Å². The Morgan fingerprint density at radius 3 is 2.41 bits per heavy atom. The Kier molecular flexibility index (Phi) is 3.67. The van der Waals surface area contributed by atoms with Crippen molar-refractivity contribution in [3.05, 3.63) is 83.2 Å². The van der Waals surface area contributed by atoms with E-state index in [9.17, 15) is 0 Å². The highest BCUT2D eigenvalue weighted by Gasteiger charge is 2.28. The maximum Gasteiger partial charge on any atom is 0.0620 e. The van der Waals surface area contributed by atoms with Gasteiger partial charge in [-0.25, -0.2) is 0 Å². The van der Waals surface area contributed by atoms with E-state index in [0.717, 1.165) is 25.7 Å². The van der Waals surface area contributed by atoms with Crippen molar-refractivity contribution in [2.24, 2.45) is 0 Å². The third-order valence-corrected chi connectivity index (χ3v) is 7.43. The number of hydrogen-bond donors (Lipinski definition) is 1. The molecule has 0 fully saturated rings. The molecular weight excluding hydrogens is 388 g/mol. The molecule has 156 valence electrons. The van der Waals surface area contributed by atoms with Crippen LogP contribution in [0.2, 0.25) is 0 Å². The summed E-state index contributed by atoms with van der Waals surface area (Å²) in [5, 5.41) is 5.49. The molecule has 2 nitrogen and oxygen atoms in total. The highest BCUT2D eigenvalue weighted by molar-refractivity contribution is 6.24. The number of nitrogens with zero attached hydrogens (tertiary/aromatic N) is 1. The van der Waals surface area contributed by atoms with Crippen LogP contribution < -0.4 is 0 Å². The van der Waals surface area contributed by atoms with Crippen molar-refractivity contribution in [1.82, 2.24) is 9.38 Å². The van der Waals surface area contributed by atoms with Crippen molar-refractivity contribution in [3.8, 4) is 11.1 Å². The van der Waals surface area contributed by atoms with Crippen LogP contribution in [-0.4, -0.2) is 9.38 Å². The van der Waals surface area contributed by atoms with Gasteiger partial charge in [0.15, 0.2) is 0 Å². The van der Waals surface area contributed by atoms with E-state index in [4.69, 9.17) is 0 Å². The average Bonchev–Trinajstić information content (AvgIpc) is 3.51. The fourth-order valence-electron chi connectivity index (χ4n) is 6.25. The number of rotatable bonds is 0. The normalized spacial score (nSPS) is 14.6. The SMILES string of the molecule is C1=Cc2c([nH]c3c2-c2ccc4c5cccc6c7ccccc7n(c4c2CC3)c65)CC1.CC. The third kappa shape index (κ3) is 2.10. The van der Waals surface area contributed by atoms with Gasteiger partial charge in [0.2, 0.25) is 0 Å². The predicted octanol–water partition coefficient (Wildman–Crippen LogP) is 7.92. The van der Waals surface area contributed by atoms with E-state index in [1.165, 1.54) is 71.7 Å².